The summed E-state index contributed by atoms with van der Waals surface area (Å²) in [5.74, 6) is 0.871. The zero-order valence-corrected chi connectivity index (χ0v) is 15.3. The first kappa shape index (κ1) is 15.5. The monoisotopic (exact) mass is 371 g/mol. The van der Waals surface area contributed by atoms with Crippen molar-refractivity contribution in [3.05, 3.63) is 29.8 Å². The van der Waals surface area contributed by atoms with Gasteiger partial charge in [0.1, 0.15) is 10.8 Å². The van der Waals surface area contributed by atoms with Crippen molar-refractivity contribution < 1.29 is 5.11 Å². The van der Waals surface area contributed by atoms with Gasteiger partial charge in [0.15, 0.2) is 16.5 Å². The zero-order chi connectivity index (χ0) is 17.0. The Kier molecular flexibility index (Phi) is 3.65. The number of fused-ring (bicyclic) bond motifs is 4. The average molecular weight is 371 g/mol. The van der Waals surface area contributed by atoms with Gasteiger partial charge in [0, 0.05) is 13.1 Å². The number of aromatic nitrogens is 4. The van der Waals surface area contributed by atoms with Gasteiger partial charge < -0.3 is 10.0 Å². The highest BCUT2D eigenvalue weighted by Gasteiger charge is 2.34. The molecule has 3 aromatic rings. The van der Waals surface area contributed by atoms with Gasteiger partial charge in [-0.1, -0.05) is 23.9 Å². The van der Waals surface area contributed by atoms with Gasteiger partial charge in [-0.3, -0.25) is 4.57 Å². The normalized spacial score (nSPS) is 19.3. The van der Waals surface area contributed by atoms with Crippen LogP contribution in [0.3, 0.4) is 0 Å². The van der Waals surface area contributed by atoms with Crippen molar-refractivity contribution in [3.63, 3.8) is 0 Å². The van der Waals surface area contributed by atoms with Crippen LogP contribution in [0.2, 0.25) is 0 Å². The quantitative estimate of drug-likeness (QED) is 0.422. The van der Waals surface area contributed by atoms with Crippen molar-refractivity contribution in [2.24, 2.45) is 0 Å². The molecule has 2 aliphatic rings. The second-order valence-electron chi connectivity index (χ2n) is 6.18. The predicted molar refractivity (Wildman–Crippen MR) is 99.5 cm³/mol. The van der Waals surface area contributed by atoms with Crippen LogP contribution in [-0.2, 0) is 0 Å². The molecule has 1 unspecified atom stereocenters. The molecule has 0 radical (unpaired) electrons. The minimum atomic E-state index is -0.815. The molecule has 1 aromatic carbocycles. The number of hydrogen-bond donors (Lipinski definition) is 1. The molecule has 4 heterocycles. The summed E-state index contributed by atoms with van der Waals surface area (Å²) in [7, 11) is 0. The Bertz CT molecular complexity index is 967. The molecule has 1 N–H and O–H groups in total. The predicted octanol–water partition coefficient (Wildman–Crippen LogP) is 3.15. The molecule has 0 spiro atoms. The smallest absolute Gasteiger partial charge is 0.190 e. The van der Waals surface area contributed by atoms with Gasteiger partial charge in [0.25, 0.3) is 0 Å². The third-order valence-electron chi connectivity index (χ3n) is 4.71. The Morgan fingerprint density at radius 3 is 2.76 bits per heavy atom. The molecule has 128 valence electrons. The summed E-state index contributed by atoms with van der Waals surface area (Å²) in [5.41, 5.74) is 2.63. The van der Waals surface area contributed by atoms with Crippen molar-refractivity contribution in [2.45, 2.75) is 34.4 Å². The van der Waals surface area contributed by atoms with Crippen molar-refractivity contribution in [3.8, 4) is 0 Å². The van der Waals surface area contributed by atoms with Gasteiger partial charge in [-0.25, -0.2) is 15.0 Å². The molecule has 1 fully saturated rings. The van der Waals surface area contributed by atoms with Gasteiger partial charge in [-0.2, -0.15) is 0 Å². The zero-order valence-electron chi connectivity index (χ0n) is 13.7. The van der Waals surface area contributed by atoms with Crippen LogP contribution in [0.5, 0.6) is 0 Å². The van der Waals surface area contributed by atoms with E-state index in [1.807, 2.05) is 35.1 Å². The number of aliphatic hydroxyl groups excluding tert-OH is 1. The summed E-state index contributed by atoms with van der Waals surface area (Å²) in [6.45, 7) is 1.96. The van der Waals surface area contributed by atoms with Gasteiger partial charge in [0.2, 0.25) is 0 Å². The third-order valence-corrected chi connectivity index (χ3v) is 6.24. The Morgan fingerprint density at radius 1 is 1.16 bits per heavy atom. The fraction of sp³-hybridized carbons (Fsp3) is 0.353. The van der Waals surface area contributed by atoms with E-state index in [4.69, 9.17) is 4.98 Å². The van der Waals surface area contributed by atoms with Crippen molar-refractivity contribution >= 4 is 40.4 Å². The van der Waals surface area contributed by atoms with Gasteiger partial charge in [-0.15, -0.1) is 0 Å². The number of benzene rings is 1. The standard InChI is InChI=1S/C17H17N5OS2/c1-24-16-19-13(21-8-4-5-9-21)12-14(20-16)25-17-18-10-6-2-3-7-11(10)22(17)15(12)23/h2-3,6-7,15,23H,4-5,8-9H2,1H3. The molecule has 1 atom stereocenters. The van der Waals surface area contributed by atoms with Crippen LogP contribution >= 0.6 is 23.5 Å². The summed E-state index contributed by atoms with van der Waals surface area (Å²) in [5, 5.41) is 13.5. The van der Waals surface area contributed by atoms with Gasteiger partial charge in [0.05, 0.1) is 16.6 Å². The van der Waals surface area contributed by atoms with E-state index in [2.05, 4.69) is 14.9 Å². The molecular weight excluding hydrogens is 354 g/mol. The second kappa shape index (κ2) is 5.89. The van der Waals surface area contributed by atoms with Crippen LogP contribution in [0.1, 0.15) is 24.6 Å². The van der Waals surface area contributed by atoms with E-state index >= 15 is 0 Å². The van der Waals surface area contributed by atoms with Gasteiger partial charge in [-0.05, 0) is 43.0 Å². The van der Waals surface area contributed by atoms with Crippen molar-refractivity contribution in [1.29, 1.82) is 0 Å². The van der Waals surface area contributed by atoms with E-state index in [0.717, 1.165) is 63.7 Å². The van der Waals surface area contributed by atoms with Crippen LogP contribution in [-0.4, -0.2) is 44.0 Å². The molecule has 25 heavy (non-hydrogen) atoms. The average Bonchev–Trinajstić information content (AvgIpc) is 3.28. The molecule has 2 aromatic heterocycles. The SMILES string of the molecule is CSc1nc2c(c(N3CCCC3)n1)C(O)n1c(nc3ccccc31)S2. The molecule has 1 saturated heterocycles. The minimum absolute atomic E-state index is 0.741. The number of para-hydroxylation sites is 2. The first-order valence-corrected chi connectivity index (χ1v) is 10.3. The molecule has 5 rings (SSSR count). The van der Waals surface area contributed by atoms with Crippen LogP contribution < -0.4 is 4.90 Å². The number of anilines is 1. The maximum atomic E-state index is 11.2. The maximum absolute atomic E-state index is 11.2. The molecule has 0 bridgehead atoms. The number of imidazole rings is 1. The molecule has 0 saturated carbocycles. The van der Waals surface area contributed by atoms with Crippen molar-refractivity contribution in [2.75, 3.05) is 24.2 Å². The molecule has 0 aliphatic carbocycles. The Balaban J connectivity index is 1.73. The molecule has 8 heteroatoms. The van der Waals surface area contributed by atoms with Crippen LogP contribution in [0, 0.1) is 0 Å². The number of thioether (sulfide) groups is 1. The highest BCUT2D eigenvalue weighted by molar-refractivity contribution is 7.99. The Labute approximate surface area is 153 Å². The van der Waals surface area contributed by atoms with E-state index < -0.39 is 6.23 Å². The van der Waals surface area contributed by atoms with Crippen LogP contribution in [0.4, 0.5) is 5.82 Å². The fourth-order valence-corrected chi connectivity index (χ4v) is 5.00. The number of nitrogens with zero attached hydrogens (tertiary/aromatic N) is 5. The maximum Gasteiger partial charge on any atom is 0.190 e. The lowest BCUT2D eigenvalue weighted by Crippen LogP contribution is -2.26. The lowest BCUT2D eigenvalue weighted by Gasteiger charge is -2.28. The second-order valence-corrected chi connectivity index (χ2v) is 7.91. The highest BCUT2D eigenvalue weighted by Crippen LogP contribution is 2.45. The van der Waals surface area contributed by atoms with Crippen LogP contribution in [0.15, 0.2) is 39.6 Å². The van der Waals surface area contributed by atoms with Crippen LogP contribution in [0.25, 0.3) is 11.0 Å². The number of aliphatic hydroxyl groups is 1. The molecule has 6 nitrogen and oxygen atoms in total. The lowest BCUT2D eigenvalue weighted by atomic mass is 10.2. The minimum Gasteiger partial charge on any atom is -0.369 e. The van der Waals surface area contributed by atoms with Crippen molar-refractivity contribution in [1.82, 2.24) is 19.5 Å². The summed E-state index contributed by atoms with van der Waals surface area (Å²) < 4.78 is 1.89. The van der Waals surface area contributed by atoms with E-state index in [9.17, 15) is 5.11 Å². The molecule has 0 amide bonds. The highest BCUT2D eigenvalue weighted by atomic mass is 32.2. The first-order valence-electron chi connectivity index (χ1n) is 8.30. The third kappa shape index (κ3) is 2.35. The number of rotatable bonds is 2. The molecule has 2 aliphatic heterocycles. The van der Waals surface area contributed by atoms with E-state index in [1.165, 1.54) is 23.5 Å². The largest absolute Gasteiger partial charge is 0.369 e. The fourth-order valence-electron chi connectivity index (χ4n) is 3.53. The van der Waals surface area contributed by atoms with E-state index in [0.29, 0.717) is 0 Å². The summed E-state index contributed by atoms with van der Waals surface area (Å²) in [6.07, 6.45) is 3.49. The van der Waals surface area contributed by atoms with Gasteiger partial charge >= 0.3 is 0 Å². The topological polar surface area (TPSA) is 67.1 Å². The summed E-state index contributed by atoms with van der Waals surface area (Å²) in [4.78, 5) is 16.3. The van der Waals surface area contributed by atoms with E-state index in [1.54, 1.807) is 0 Å². The Hall–Kier alpha value is -1.77. The number of hydrogen-bond acceptors (Lipinski definition) is 7. The van der Waals surface area contributed by atoms with E-state index in [-0.39, 0.29) is 0 Å². The summed E-state index contributed by atoms with van der Waals surface area (Å²) >= 11 is 3.05. The lowest BCUT2D eigenvalue weighted by molar-refractivity contribution is 0.135. The first-order chi connectivity index (χ1) is 12.3. The summed E-state index contributed by atoms with van der Waals surface area (Å²) in [6, 6.07) is 7.90. The Morgan fingerprint density at radius 2 is 1.96 bits per heavy atom. The molecular formula is C17H17N5OS2.